The second-order valence-corrected chi connectivity index (χ2v) is 4.38. The molecular weight excluding hydrogens is 256 g/mol. The highest BCUT2D eigenvalue weighted by Gasteiger charge is 2.27. The Morgan fingerprint density at radius 1 is 1.40 bits per heavy atom. The fourth-order valence-corrected chi connectivity index (χ4v) is 2.34. The van der Waals surface area contributed by atoms with E-state index >= 15 is 0 Å². The molecule has 0 saturated carbocycles. The van der Waals surface area contributed by atoms with Gasteiger partial charge in [0.05, 0.1) is 6.61 Å². The van der Waals surface area contributed by atoms with Crippen LogP contribution in [0.3, 0.4) is 0 Å². The number of ether oxygens (including phenoxy) is 1. The zero-order valence-electron chi connectivity index (χ0n) is 8.20. The zero-order chi connectivity index (χ0) is 10.8. The molecule has 0 spiro atoms. The van der Waals surface area contributed by atoms with Gasteiger partial charge in [-0.2, -0.15) is 0 Å². The molecular formula is C12H11BrO2. The number of hydrogen-bond donors (Lipinski definition) is 0. The third kappa shape index (κ3) is 1.97. The highest BCUT2D eigenvalue weighted by atomic mass is 79.9. The Kier molecular flexibility index (Phi) is 2.91. The lowest BCUT2D eigenvalue weighted by atomic mass is 9.88. The summed E-state index contributed by atoms with van der Waals surface area (Å²) in [7, 11) is 0. The maximum Gasteiger partial charge on any atom is 0.334 e. The van der Waals surface area contributed by atoms with Crippen LogP contribution in [0.25, 0.3) is 0 Å². The van der Waals surface area contributed by atoms with Gasteiger partial charge in [0.1, 0.15) is 0 Å². The summed E-state index contributed by atoms with van der Waals surface area (Å²) in [4.78, 5) is 11.4. The van der Waals surface area contributed by atoms with Crippen molar-refractivity contribution >= 4 is 21.9 Å². The molecule has 1 fully saturated rings. The predicted octanol–water partition coefficient (Wildman–Crippen LogP) is 3.04. The van der Waals surface area contributed by atoms with Crippen LogP contribution in [0, 0.1) is 0 Å². The number of esters is 1. The predicted molar refractivity (Wildman–Crippen MR) is 61.6 cm³/mol. The molecule has 0 radical (unpaired) electrons. The number of carbonyl (C=O) groups is 1. The molecule has 1 heterocycles. The van der Waals surface area contributed by atoms with Crippen molar-refractivity contribution in [2.45, 2.75) is 12.3 Å². The van der Waals surface area contributed by atoms with Crippen molar-refractivity contribution in [2.24, 2.45) is 0 Å². The maximum atomic E-state index is 11.4. The highest BCUT2D eigenvalue weighted by Crippen LogP contribution is 2.35. The summed E-state index contributed by atoms with van der Waals surface area (Å²) < 4.78 is 5.95. The van der Waals surface area contributed by atoms with Crippen molar-refractivity contribution in [1.82, 2.24) is 0 Å². The lowest BCUT2D eigenvalue weighted by Crippen LogP contribution is -2.22. The molecule has 1 aromatic rings. The second kappa shape index (κ2) is 4.19. The van der Waals surface area contributed by atoms with Crippen LogP contribution in [0.2, 0.25) is 0 Å². The van der Waals surface area contributed by atoms with Crippen LogP contribution in [0.4, 0.5) is 0 Å². The van der Waals surface area contributed by atoms with E-state index in [0.717, 1.165) is 16.5 Å². The van der Waals surface area contributed by atoms with Crippen molar-refractivity contribution in [2.75, 3.05) is 6.61 Å². The molecule has 1 aliphatic rings. The van der Waals surface area contributed by atoms with Crippen LogP contribution in [-0.4, -0.2) is 12.6 Å². The van der Waals surface area contributed by atoms with E-state index in [1.54, 1.807) is 0 Å². The summed E-state index contributed by atoms with van der Waals surface area (Å²) in [6, 6.07) is 7.91. The molecule has 1 atom stereocenters. The Bertz CT molecular complexity index is 412. The fraction of sp³-hybridized carbons (Fsp3) is 0.250. The first-order chi connectivity index (χ1) is 7.20. The van der Waals surface area contributed by atoms with Gasteiger partial charge in [0.2, 0.25) is 0 Å². The Hall–Kier alpha value is -1.09. The SMILES string of the molecule is C=C1C(=O)OCC[C@H]1c1ccccc1Br. The Morgan fingerprint density at radius 2 is 2.13 bits per heavy atom. The average molecular weight is 267 g/mol. The summed E-state index contributed by atoms with van der Waals surface area (Å²) >= 11 is 3.49. The average Bonchev–Trinajstić information content (AvgIpc) is 2.23. The lowest BCUT2D eigenvalue weighted by molar-refractivity contribution is -0.141. The number of cyclic esters (lactones) is 1. The third-order valence-electron chi connectivity index (χ3n) is 2.60. The number of benzene rings is 1. The minimum atomic E-state index is -0.276. The summed E-state index contributed by atoms with van der Waals surface area (Å²) in [5.74, 6) is -0.191. The van der Waals surface area contributed by atoms with E-state index in [2.05, 4.69) is 22.5 Å². The molecule has 0 unspecified atom stereocenters. The first kappa shape index (κ1) is 10.4. The van der Waals surface area contributed by atoms with E-state index in [4.69, 9.17) is 4.74 Å². The van der Waals surface area contributed by atoms with Crippen LogP contribution in [0.1, 0.15) is 17.9 Å². The van der Waals surface area contributed by atoms with Gasteiger partial charge < -0.3 is 4.74 Å². The van der Waals surface area contributed by atoms with Crippen molar-refractivity contribution in [3.05, 3.63) is 46.5 Å². The standard InChI is InChI=1S/C12H11BrO2/c1-8-9(6-7-15-12(8)14)10-4-2-3-5-11(10)13/h2-5,9H,1,6-7H2/t9-/m1/s1. The van der Waals surface area contributed by atoms with E-state index in [1.165, 1.54) is 0 Å². The van der Waals surface area contributed by atoms with Crippen LogP contribution in [0.5, 0.6) is 0 Å². The van der Waals surface area contributed by atoms with Gasteiger partial charge in [0.15, 0.2) is 0 Å². The maximum absolute atomic E-state index is 11.4. The molecule has 1 saturated heterocycles. The molecule has 2 rings (SSSR count). The van der Waals surface area contributed by atoms with Gasteiger partial charge in [-0.25, -0.2) is 4.79 Å². The summed E-state index contributed by atoms with van der Waals surface area (Å²) in [5, 5.41) is 0. The molecule has 0 amide bonds. The van der Waals surface area contributed by atoms with Crippen molar-refractivity contribution in [3.8, 4) is 0 Å². The number of halogens is 1. The quantitative estimate of drug-likeness (QED) is 0.577. The summed E-state index contributed by atoms with van der Waals surface area (Å²) in [6.45, 7) is 4.27. The van der Waals surface area contributed by atoms with E-state index in [9.17, 15) is 4.79 Å². The Morgan fingerprint density at radius 3 is 2.87 bits per heavy atom. The molecule has 0 bridgehead atoms. The van der Waals surface area contributed by atoms with E-state index in [-0.39, 0.29) is 11.9 Å². The molecule has 0 aromatic heterocycles. The first-order valence-corrected chi connectivity index (χ1v) is 5.60. The second-order valence-electron chi connectivity index (χ2n) is 3.52. The third-order valence-corrected chi connectivity index (χ3v) is 3.33. The molecule has 2 nitrogen and oxygen atoms in total. The van der Waals surface area contributed by atoms with Gasteiger partial charge in [-0.05, 0) is 18.1 Å². The van der Waals surface area contributed by atoms with Crippen LogP contribution in [0.15, 0.2) is 40.9 Å². The fourth-order valence-electron chi connectivity index (χ4n) is 1.78. The van der Waals surface area contributed by atoms with Crippen LogP contribution in [-0.2, 0) is 9.53 Å². The van der Waals surface area contributed by atoms with Gasteiger partial charge >= 0.3 is 5.97 Å². The van der Waals surface area contributed by atoms with E-state index in [1.807, 2.05) is 24.3 Å². The van der Waals surface area contributed by atoms with Gasteiger partial charge in [0, 0.05) is 16.0 Å². The van der Waals surface area contributed by atoms with Gasteiger partial charge in [-0.1, -0.05) is 40.7 Å². The molecule has 3 heteroatoms. The largest absolute Gasteiger partial charge is 0.462 e. The number of rotatable bonds is 1. The highest BCUT2D eigenvalue weighted by molar-refractivity contribution is 9.10. The van der Waals surface area contributed by atoms with Crippen molar-refractivity contribution < 1.29 is 9.53 Å². The van der Waals surface area contributed by atoms with Crippen LogP contribution >= 0.6 is 15.9 Å². The monoisotopic (exact) mass is 266 g/mol. The summed E-state index contributed by atoms with van der Waals surface area (Å²) in [6.07, 6.45) is 0.813. The normalized spacial score (nSPS) is 21.3. The Labute approximate surface area is 97.1 Å². The van der Waals surface area contributed by atoms with Gasteiger partial charge in [-0.3, -0.25) is 0 Å². The van der Waals surface area contributed by atoms with Crippen molar-refractivity contribution in [3.63, 3.8) is 0 Å². The molecule has 0 N–H and O–H groups in total. The molecule has 1 aromatic carbocycles. The number of carbonyl (C=O) groups excluding carboxylic acids is 1. The first-order valence-electron chi connectivity index (χ1n) is 4.80. The summed E-state index contributed by atoms with van der Waals surface area (Å²) in [5.41, 5.74) is 1.66. The minimum absolute atomic E-state index is 0.0850. The minimum Gasteiger partial charge on any atom is -0.462 e. The number of hydrogen-bond acceptors (Lipinski definition) is 2. The van der Waals surface area contributed by atoms with Gasteiger partial charge in [-0.15, -0.1) is 0 Å². The van der Waals surface area contributed by atoms with Crippen LogP contribution < -0.4 is 0 Å². The topological polar surface area (TPSA) is 26.3 Å². The van der Waals surface area contributed by atoms with E-state index < -0.39 is 0 Å². The Balaban J connectivity index is 2.34. The molecule has 15 heavy (non-hydrogen) atoms. The lowest BCUT2D eigenvalue weighted by Gasteiger charge is -2.24. The zero-order valence-corrected chi connectivity index (χ0v) is 9.79. The van der Waals surface area contributed by atoms with Gasteiger partial charge in [0.25, 0.3) is 0 Å². The smallest absolute Gasteiger partial charge is 0.334 e. The van der Waals surface area contributed by atoms with Crippen molar-refractivity contribution in [1.29, 1.82) is 0 Å². The molecule has 78 valence electrons. The van der Waals surface area contributed by atoms with E-state index in [0.29, 0.717) is 12.2 Å². The molecule has 1 aliphatic heterocycles. The molecule has 0 aliphatic carbocycles.